The van der Waals surface area contributed by atoms with Gasteiger partial charge in [0.2, 0.25) is 0 Å². The summed E-state index contributed by atoms with van der Waals surface area (Å²) in [6, 6.07) is 21.4. The highest BCUT2D eigenvalue weighted by Crippen LogP contribution is 2.31. The summed E-state index contributed by atoms with van der Waals surface area (Å²) in [5.74, 6) is 0.301. The third-order valence-electron chi connectivity index (χ3n) is 6.98. The second-order valence-corrected chi connectivity index (χ2v) is 11.5. The fraction of sp³-hybridized carbons (Fsp3) is 0.241. The summed E-state index contributed by atoms with van der Waals surface area (Å²) >= 11 is 0. The molecule has 5 rings (SSSR count). The number of hydrogen-bond acceptors (Lipinski definition) is 5. The largest absolute Gasteiger partial charge is 0.451 e. The number of piperidine rings is 1. The maximum Gasteiger partial charge on any atom is 0.289 e. The zero-order valence-electron chi connectivity index (χ0n) is 20.7. The number of anilines is 1. The molecule has 3 aromatic carbocycles. The van der Waals surface area contributed by atoms with Crippen LogP contribution >= 0.6 is 0 Å². The molecular formula is C29H28N2O5S. The van der Waals surface area contributed by atoms with Crippen LogP contribution in [-0.2, 0) is 9.84 Å². The van der Waals surface area contributed by atoms with Gasteiger partial charge in [-0.05, 0) is 67.6 Å². The van der Waals surface area contributed by atoms with Gasteiger partial charge in [0, 0.05) is 41.5 Å². The maximum absolute atomic E-state index is 13.1. The quantitative estimate of drug-likeness (QED) is 0.382. The summed E-state index contributed by atoms with van der Waals surface area (Å²) in [6.45, 7) is 3.22. The standard InChI is InChI=1S/C29H28N2O5S/c1-19-25-8-3-4-9-26(25)36-27(19)29(33)31-16-14-21(15-17-31)20-10-12-23(13-11-20)30-28(32)22-6-5-7-24(18-22)37(2,34)35/h3-13,18,21H,14-17H2,1-2H3,(H,30,32). The summed E-state index contributed by atoms with van der Waals surface area (Å²) in [5, 5.41) is 3.79. The Morgan fingerprint density at radius 3 is 2.32 bits per heavy atom. The van der Waals surface area contributed by atoms with Gasteiger partial charge in [-0.3, -0.25) is 9.59 Å². The van der Waals surface area contributed by atoms with Crippen molar-refractivity contribution >= 4 is 38.3 Å². The molecule has 1 aliphatic rings. The van der Waals surface area contributed by atoms with Crippen LogP contribution in [0.1, 0.15) is 50.8 Å². The molecule has 0 aliphatic carbocycles. The highest BCUT2D eigenvalue weighted by molar-refractivity contribution is 7.90. The number of rotatable bonds is 5. The molecule has 0 unspecified atom stereocenters. The highest BCUT2D eigenvalue weighted by Gasteiger charge is 2.28. The summed E-state index contributed by atoms with van der Waals surface area (Å²) < 4.78 is 29.4. The first-order valence-corrected chi connectivity index (χ1v) is 14.1. The molecule has 37 heavy (non-hydrogen) atoms. The number of hydrogen-bond donors (Lipinski definition) is 1. The number of fused-ring (bicyclic) bond motifs is 1. The third-order valence-corrected chi connectivity index (χ3v) is 8.09. The molecule has 2 heterocycles. The molecule has 0 spiro atoms. The number of carbonyl (C=O) groups is 2. The number of para-hydroxylation sites is 1. The molecule has 1 N–H and O–H groups in total. The van der Waals surface area contributed by atoms with Crippen LogP contribution < -0.4 is 5.32 Å². The van der Waals surface area contributed by atoms with E-state index in [1.54, 1.807) is 12.1 Å². The Balaban J connectivity index is 1.20. The molecule has 4 aromatic rings. The smallest absolute Gasteiger partial charge is 0.289 e. The lowest BCUT2D eigenvalue weighted by atomic mass is 9.89. The molecule has 1 saturated heterocycles. The van der Waals surface area contributed by atoms with Crippen molar-refractivity contribution in [3.8, 4) is 0 Å². The lowest BCUT2D eigenvalue weighted by molar-refractivity contribution is 0.0682. The van der Waals surface area contributed by atoms with E-state index in [9.17, 15) is 18.0 Å². The van der Waals surface area contributed by atoms with Crippen molar-refractivity contribution in [3.05, 3.63) is 95.2 Å². The first-order valence-electron chi connectivity index (χ1n) is 12.2. The van der Waals surface area contributed by atoms with E-state index in [4.69, 9.17) is 4.42 Å². The molecule has 0 bridgehead atoms. The summed E-state index contributed by atoms with van der Waals surface area (Å²) in [7, 11) is -3.39. The molecule has 0 atom stereocenters. The van der Waals surface area contributed by atoms with E-state index in [1.165, 1.54) is 12.1 Å². The van der Waals surface area contributed by atoms with Crippen LogP contribution in [0.4, 0.5) is 5.69 Å². The van der Waals surface area contributed by atoms with Crippen LogP contribution in [-0.4, -0.2) is 44.5 Å². The van der Waals surface area contributed by atoms with Crippen LogP contribution in [0.3, 0.4) is 0 Å². The second kappa shape index (κ2) is 9.86. The van der Waals surface area contributed by atoms with Crippen LogP contribution in [0.2, 0.25) is 0 Å². The lowest BCUT2D eigenvalue weighted by Gasteiger charge is -2.32. The predicted molar refractivity (Wildman–Crippen MR) is 143 cm³/mol. The van der Waals surface area contributed by atoms with E-state index in [0.717, 1.165) is 41.2 Å². The Labute approximate surface area is 216 Å². The number of likely N-dealkylation sites (tertiary alicyclic amines) is 1. The van der Waals surface area contributed by atoms with E-state index in [2.05, 4.69) is 5.32 Å². The van der Waals surface area contributed by atoms with Crippen LogP contribution in [0.5, 0.6) is 0 Å². The molecule has 0 radical (unpaired) electrons. The van der Waals surface area contributed by atoms with Crippen molar-refractivity contribution in [2.24, 2.45) is 0 Å². The molecule has 1 fully saturated rings. The Kier molecular flexibility index (Phi) is 6.60. The minimum Gasteiger partial charge on any atom is -0.451 e. The van der Waals surface area contributed by atoms with Gasteiger partial charge in [0.1, 0.15) is 5.58 Å². The first-order chi connectivity index (χ1) is 17.7. The van der Waals surface area contributed by atoms with Gasteiger partial charge in [0.15, 0.2) is 15.6 Å². The minimum atomic E-state index is -3.39. The van der Waals surface area contributed by atoms with E-state index in [-0.39, 0.29) is 22.3 Å². The Morgan fingerprint density at radius 1 is 0.946 bits per heavy atom. The van der Waals surface area contributed by atoms with Crippen molar-refractivity contribution in [3.63, 3.8) is 0 Å². The van der Waals surface area contributed by atoms with E-state index >= 15 is 0 Å². The normalized spacial score (nSPS) is 14.6. The van der Waals surface area contributed by atoms with Crippen molar-refractivity contribution in [1.29, 1.82) is 0 Å². The number of sulfone groups is 1. The summed E-state index contributed by atoms with van der Waals surface area (Å²) in [6.07, 6.45) is 2.80. The van der Waals surface area contributed by atoms with Gasteiger partial charge < -0.3 is 14.6 Å². The number of amides is 2. The second-order valence-electron chi connectivity index (χ2n) is 9.49. The maximum atomic E-state index is 13.1. The fourth-order valence-electron chi connectivity index (χ4n) is 4.85. The minimum absolute atomic E-state index is 0.0647. The number of benzene rings is 3. The summed E-state index contributed by atoms with van der Waals surface area (Å²) in [4.78, 5) is 27.7. The van der Waals surface area contributed by atoms with Gasteiger partial charge in [-0.1, -0.05) is 36.4 Å². The van der Waals surface area contributed by atoms with Gasteiger partial charge in [0.05, 0.1) is 4.90 Å². The number of carbonyl (C=O) groups excluding carboxylic acids is 2. The topological polar surface area (TPSA) is 96.7 Å². The average Bonchev–Trinajstić information content (AvgIpc) is 3.25. The number of nitrogens with one attached hydrogen (secondary N) is 1. The first kappa shape index (κ1) is 24.8. The molecule has 7 nitrogen and oxygen atoms in total. The van der Waals surface area contributed by atoms with Crippen molar-refractivity contribution in [1.82, 2.24) is 4.90 Å². The zero-order chi connectivity index (χ0) is 26.2. The van der Waals surface area contributed by atoms with E-state index < -0.39 is 9.84 Å². The van der Waals surface area contributed by atoms with Crippen LogP contribution in [0.15, 0.2) is 82.1 Å². The van der Waals surface area contributed by atoms with E-state index in [0.29, 0.717) is 30.5 Å². The van der Waals surface area contributed by atoms with Gasteiger partial charge in [-0.25, -0.2) is 8.42 Å². The molecule has 1 aromatic heterocycles. The monoisotopic (exact) mass is 516 g/mol. The molecule has 2 amide bonds. The lowest BCUT2D eigenvalue weighted by Crippen LogP contribution is -2.38. The van der Waals surface area contributed by atoms with Crippen LogP contribution in [0, 0.1) is 6.92 Å². The molecular weight excluding hydrogens is 488 g/mol. The molecule has 8 heteroatoms. The number of aryl methyl sites for hydroxylation is 1. The number of nitrogens with zero attached hydrogens (tertiary/aromatic N) is 1. The highest BCUT2D eigenvalue weighted by atomic mass is 32.2. The van der Waals surface area contributed by atoms with Crippen molar-refractivity contribution < 1.29 is 22.4 Å². The molecule has 0 saturated carbocycles. The van der Waals surface area contributed by atoms with Crippen molar-refractivity contribution in [2.45, 2.75) is 30.6 Å². The van der Waals surface area contributed by atoms with Gasteiger partial charge in [-0.15, -0.1) is 0 Å². The Bertz CT molecular complexity index is 1580. The van der Waals surface area contributed by atoms with Gasteiger partial charge >= 0.3 is 0 Å². The van der Waals surface area contributed by atoms with Crippen LogP contribution in [0.25, 0.3) is 11.0 Å². The Hall–Kier alpha value is -3.91. The Morgan fingerprint density at radius 2 is 1.65 bits per heavy atom. The SMILES string of the molecule is Cc1c(C(=O)N2CCC(c3ccc(NC(=O)c4cccc(S(C)(=O)=O)c4)cc3)CC2)oc2ccccc12. The third kappa shape index (κ3) is 5.15. The average molecular weight is 517 g/mol. The number of furan rings is 1. The zero-order valence-corrected chi connectivity index (χ0v) is 21.5. The molecule has 190 valence electrons. The van der Waals surface area contributed by atoms with E-state index in [1.807, 2.05) is 60.4 Å². The fourth-order valence-corrected chi connectivity index (χ4v) is 5.51. The molecule has 1 aliphatic heterocycles. The predicted octanol–water partition coefficient (Wildman–Crippen LogP) is 5.42. The van der Waals surface area contributed by atoms with Crippen molar-refractivity contribution in [2.75, 3.05) is 24.7 Å². The van der Waals surface area contributed by atoms with Gasteiger partial charge in [-0.2, -0.15) is 0 Å². The summed E-state index contributed by atoms with van der Waals surface area (Å²) in [5.41, 5.74) is 3.68. The van der Waals surface area contributed by atoms with Gasteiger partial charge in [0.25, 0.3) is 11.8 Å².